The number of amides is 1. The number of ether oxygens (including phenoxy) is 1. The van der Waals surface area contributed by atoms with Crippen molar-refractivity contribution in [2.45, 2.75) is 20.0 Å². The predicted molar refractivity (Wildman–Crippen MR) is 102 cm³/mol. The van der Waals surface area contributed by atoms with Crippen LogP contribution in [0.2, 0.25) is 0 Å². The van der Waals surface area contributed by atoms with Crippen LogP contribution in [0.25, 0.3) is 5.65 Å². The van der Waals surface area contributed by atoms with Gasteiger partial charge in [0.2, 0.25) is 0 Å². The van der Waals surface area contributed by atoms with Crippen molar-refractivity contribution in [3.8, 4) is 5.75 Å². The van der Waals surface area contributed by atoms with Crippen molar-refractivity contribution in [2.75, 3.05) is 13.1 Å². The topological polar surface area (TPSA) is 84.1 Å². The number of benzene rings is 1. The molecule has 0 saturated carbocycles. The van der Waals surface area contributed by atoms with Gasteiger partial charge in [-0.2, -0.15) is 0 Å². The van der Waals surface area contributed by atoms with Crippen LogP contribution in [0.3, 0.4) is 0 Å². The third kappa shape index (κ3) is 3.43. The van der Waals surface area contributed by atoms with Crippen molar-refractivity contribution < 1.29 is 19.4 Å². The van der Waals surface area contributed by atoms with Gasteiger partial charge in [-0.3, -0.25) is 9.59 Å². The first-order valence-corrected chi connectivity index (χ1v) is 9.20. The number of carboxylic acids is 1. The fourth-order valence-electron chi connectivity index (χ4n) is 3.51. The zero-order valence-electron chi connectivity index (χ0n) is 15.5. The number of imidazole rings is 1. The Balaban J connectivity index is 1.50. The number of carboxylic acid groups (broad SMARTS) is 1. The highest BCUT2D eigenvalue weighted by atomic mass is 16.5. The summed E-state index contributed by atoms with van der Waals surface area (Å²) in [6.45, 7) is 2.91. The van der Waals surface area contributed by atoms with Crippen LogP contribution >= 0.6 is 0 Å². The van der Waals surface area contributed by atoms with E-state index in [0.29, 0.717) is 24.3 Å². The van der Waals surface area contributed by atoms with Gasteiger partial charge in [0.15, 0.2) is 0 Å². The molecule has 1 N–H and O–H groups in total. The van der Waals surface area contributed by atoms with E-state index in [1.54, 1.807) is 23.1 Å². The van der Waals surface area contributed by atoms with Crippen LogP contribution in [0.4, 0.5) is 0 Å². The summed E-state index contributed by atoms with van der Waals surface area (Å²) in [4.78, 5) is 30.2. The Morgan fingerprint density at radius 1 is 1.25 bits per heavy atom. The van der Waals surface area contributed by atoms with Crippen molar-refractivity contribution in [2.24, 2.45) is 5.92 Å². The summed E-state index contributed by atoms with van der Waals surface area (Å²) in [7, 11) is 0. The van der Waals surface area contributed by atoms with Gasteiger partial charge in [-0.15, -0.1) is 0 Å². The SMILES string of the molecule is Cc1cccn2cc(COc3ccccc3C(=O)N3CCC(C(=O)O)C3)nc12. The molecule has 3 heterocycles. The molecule has 0 aliphatic carbocycles. The van der Waals surface area contributed by atoms with Gasteiger partial charge in [0, 0.05) is 25.5 Å². The lowest BCUT2D eigenvalue weighted by atomic mass is 10.1. The first-order chi connectivity index (χ1) is 13.5. The highest BCUT2D eigenvalue weighted by Crippen LogP contribution is 2.25. The molecule has 7 heteroatoms. The van der Waals surface area contributed by atoms with E-state index in [1.165, 1.54) is 0 Å². The van der Waals surface area contributed by atoms with Gasteiger partial charge in [-0.1, -0.05) is 18.2 Å². The molecule has 28 heavy (non-hydrogen) atoms. The lowest BCUT2D eigenvalue weighted by Gasteiger charge is -2.18. The number of carbonyl (C=O) groups excluding carboxylic acids is 1. The Morgan fingerprint density at radius 3 is 2.82 bits per heavy atom. The van der Waals surface area contributed by atoms with E-state index in [0.717, 1.165) is 16.9 Å². The summed E-state index contributed by atoms with van der Waals surface area (Å²) in [6, 6.07) is 11.0. The summed E-state index contributed by atoms with van der Waals surface area (Å²) < 4.78 is 7.85. The van der Waals surface area contributed by atoms with Crippen molar-refractivity contribution in [3.63, 3.8) is 0 Å². The number of para-hydroxylation sites is 1. The Morgan fingerprint density at radius 2 is 2.07 bits per heavy atom. The van der Waals surface area contributed by atoms with Crippen LogP contribution in [0.1, 0.15) is 28.0 Å². The molecular weight excluding hydrogens is 358 g/mol. The lowest BCUT2D eigenvalue weighted by molar-refractivity contribution is -0.141. The molecule has 1 atom stereocenters. The smallest absolute Gasteiger partial charge is 0.308 e. The highest BCUT2D eigenvalue weighted by molar-refractivity contribution is 5.97. The number of pyridine rings is 1. The van der Waals surface area contributed by atoms with Gasteiger partial charge in [0.05, 0.1) is 17.2 Å². The summed E-state index contributed by atoms with van der Waals surface area (Å²) in [5.74, 6) is -1.09. The zero-order chi connectivity index (χ0) is 19.7. The summed E-state index contributed by atoms with van der Waals surface area (Å²) in [5.41, 5.74) is 3.16. The third-order valence-electron chi connectivity index (χ3n) is 5.05. The third-order valence-corrected chi connectivity index (χ3v) is 5.05. The maximum absolute atomic E-state index is 12.9. The molecule has 1 saturated heterocycles. The second-order valence-electron chi connectivity index (χ2n) is 7.01. The maximum Gasteiger partial charge on any atom is 0.308 e. The van der Waals surface area contributed by atoms with Crippen molar-refractivity contribution in [1.82, 2.24) is 14.3 Å². The van der Waals surface area contributed by atoms with Crippen molar-refractivity contribution in [3.05, 3.63) is 65.6 Å². The molecule has 1 aromatic carbocycles. The molecular formula is C21H21N3O4. The number of hydrogen-bond acceptors (Lipinski definition) is 4. The normalized spacial score (nSPS) is 16.5. The molecule has 1 fully saturated rings. The Kier molecular flexibility index (Phi) is 4.73. The lowest BCUT2D eigenvalue weighted by Crippen LogP contribution is -2.30. The first kappa shape index (κ1) is 18.0. The van der Waals surface area contributed by atoms with Crippen LogP contribution in [0, 0.1) is 12.8 Å². The average Bonchev–Trinajstić information content (AvgIpc) is 3.34. The minimum atomic E-state index is -0.859. The molecule has 3 aromatic rings. The molecule has 7 nitrogen and oxygen atoms in total. The van der Waals surface area contributed by atoms with E-state index < -0.39 is 11.9 Å². The van der Waals surface area contributed by atoms with Crippen LogP contribution in [0.15, 0.2) is 48.8 Å². The van der Waals surface area contributed by atoms with E-state index in [-0.39, 0.29) is 19.1 Å². The van der Waals surface area contributed by atoms with E-state index in [9.17, 15) is 9.59 Å². The molecule has 144 valence electrons. The van der Waals surface area contributed by atoms with Gasteiger partial charge < -0.3 is 19.1 Å². The fraction of sp³-hybridized carbons (Fsp3) is 0.286. The molecule has 1 amide bonds. The Labute approximate surface area is 162 Å². The van der Waals surface area contributed by atoms with Gasteiger partial charge in [-0.05, 0) is 37.1 Å². The average molecular weight is 379 g/mol. The number of carbonyl (C=O) groups is 2. The number of likely N-dealkylation sites (tertiary alicyclic amines) is 1. The van der Waals surface area contributed by atoms with Crippen LogP contribution in [-0.2, 0) is 11.4 Å². The van der Waals surface area contributed by atoms with E-state index in [1.807, 2.05) is 41.9 Å². The molecule has 0 spiro atoms. The second-order valence-corrected chi connectivity index (χ2v) is 7.01. The van der Waals surface area contributed by atoms with Crippen LogP contribution in [-0.4, -0.2) is 44.4 Å². The summed E-state index contributed by atoms with van der Waals surface area (Å²) in [6.07, 6.45) is 4.32. The van der Waals surface area contributed by atoms with E-state index in [4.69, 9.17) is 9.84 Å². The standard InChI is InChI=1S/C21H21N3O4/c1-14-5-4-9-23-12-16(22-19(14)23)13-28-18-7-3-2-6-17(18)20(25)24-10-8-15(11-24)21(26)27/h2-7,9,12,15H,8,10-11,13H2,1H3,(H,26,27). The van der Waals surface area contributed by atoms with Crippen LogP contribution < -0.4 is 4.74 Å². The van der Waals surface area contributed by atoms with E-state index in [2.05, 4.69) is 4.98 Å². The zero-order valence-corrected chi connectivity index (χ0v) is 15.5. The number of fused-ring (bicyclic) bond motifs is 1. The first-order valence-electron chi connectivity index (χ1n) is 9.20. The van der Waals surface area contributed by atoms with Gasteiger partial charge in [0.1, 0.15) is 18.0 Å². The Bertz CT molecular complexity index is 1040. The number of nitrogens with zero attached hydrogens (tertiary/aromatic N) is 3. The van der Waals surface area contributed by atoms with E-state index >= 15 is 0 Å². The fourth-order valence-corrected chi connectivity index (χ4v) is 3.51. The van der Waals surface area contributed by atoms with Gasteiger partial charge >= 0.3 is 5.97 Å². The van der Waals surface area contributed by atoms with Crippen molar-refractivity contribution >= 4 is 17.5 Å². The maximum atomic E-state index is 12.9. The number of rotatable bonds is 5. The molecule has 0 radical (unpaired) electrons. The molecule has 4 rings (SSSR count). The van der Waals surface area contributed by atoms with Gasteiger partial charge in [0.25, 0.3) is 5.91 Å². The minimum Gasteiger partial charge on any atom is -0.486 e. The van der Waals surface area contributed by atoms with Crippen molar-refractivity contribution in [1.29, 1.82) is 0 Å². The number of aryl methyl sites for hydroxylation is 1. The number of aliphatic carboxylic acids is 1. The van der Waals surface area contributed by atoms with Gasteiger partial charge in [-0.25, -0.2) is 4.98 Å². The Hall–Kier alpha value is -3.35. The number of hydrogen-bond donors (Lipinski definition) is 1. The highest BCUT2D eigenvalue weighted by Gasteiger charge is 2.32. The largest absolute Gasteiger partial charge is 0.486 e. The number of aromatic nitrogens is 2. The molecule has 2 aromatic heterocycles. The summed E-state index contributed by atoms with van der Waals surface area (Å²) in [5, 5.41) is 9.16. The molecule has 1 unspecified atom stereocenters. The molecule has 1 aliphatic heterocycles. The quantitative estimate of drug-likeness (QED) is 0.737. The predicted octanol–water partition coefficient (Wildman–Crippen LogP) is 2.77. The second kappa shape index (κ2) is 7.34. The molecule has 0 bridgehead atoms. The monoisotopic (exact) mass is 379 g/mol. The molecule has 1 aliphatic rings. The summed E-state index contributed by atoms with van der Waals surface area (Å²) >= 11 is 0. The minimum absolute atomic E-state index is 0.204. The van der Waals surface area contributed by atoms with Crippen LogP contribution in [0.5, 0.6) is 5.75 Å².